The molecule has 2 amide bonds. The largest absolute Gasteiger partial charge is 0.479 e. The van der Waals surface area contributed by atoms with E-state index >= 15 is 0 Å². The van der Waals surface area contributed by atoms with Gasteiger partial charge in [-0.3, -0.25) is 14.5 Å². The number of furan rings is 1. The van der Waals surface area contributed by atoms with E-state index in [0.717, 1.165) is 5.56 Å². The van der Waals surface area contributed by atoms with E-state index in [9.17, 15) is 9.59 Å². The van der Waals surface area contributed by atoms with Gasteiger partial charge in [-0.25, -0.2) is 0 Å². The number of ether oxygens (including phenoxy) is 1. The van der Waals surface area contributed by atoms with E-state index in [0.29, 0.717) is 18.0 Å². The normalized spacial score (nSPS) is 16.9. The van der Waals surface area contributed by atoms with Crippen LogP contribution < -0.4 is 15.0 Å². The molecule has 1 aliphatic rings. The molecule has 1 aromatic heterocycles. The number of hydrogen-bond acceptors (Lipinski definition) is 4. The molecule has 2 aromatic rings. The Morgan fingerprint density at radius 3 is 2.91 bits per heavy atom. The van der Waals surface area contributed by atoms with Gasteiger partial charge in [0.25, 0.3) is 5.91 Å². The molecule has 3 rings (SSSR count). The highest BCUT2D eigenvalue weighted by molar-refractivity contribution is 6.03. The Morgan fingerprint density at radius 1 is 1.32 bits per heavy atom. The molecule has 0 bridgehead atoms. The fourth-order valence-electron chi connectivity index (χ4n) is 2.32. The smallest absolute Gasteiger partial charge is 0.268 e. The summed E-state index contributed by atoms with van der Waals surface area (Å²) in [6.45, 7) is 2.00. The maximum absolute atomic E-state index is 12.3. The van der Waals surface area contributed by atoms with Gasteiger partial charge in [0.05, 0.1) is 18.2 Å². The number of amides is 2. The number of rotatable bonds is 4. The zero-order valence-electron chi connectivity index (χ0n) is 12.1. The molecular formula is C16H16N2O4. The van der Waals surface area contributed by atoms with Gasteiger partial charge in [0, 0.05) is 12.1 Å². The monoisotopic (exact) mass is 300 g/mol. The summed E-state index contributed by atoms with van der Waals surface area (Å²) < 4.78 is 10.5. The molecule has 1 aromatic carbocycles. The predicted molar refractivity (Wildman–Crippen MR) is 79.4 cm³/mol. The van der Waals surface area contributed by atoms with Crippen LogP contribution in [0.4, 0.5) is 5.69 Å². The summed E-state index contributed by atoms with van der Waals surface area (Å²) in [5.41, 5.74) is 1.49. The molecule has 6 nitrogen and oxygen atoms in total. The molecular weight excluding hydrogens is 284 g/mol. The Balaban J connectivity index is 1.70. The van der Waals surface area contributed by atoms with Gasteiger partial charge < -0.3 is 14.5 Å². The molecule has 0 fully saturated rings. The van der Waals surface area contributed by atoms with Gasteiger partial charge >= 0.3 is 0 Å². The standard InChI is InChI=1S/C16H16N2O4/c1-11-16(20)18(13-4-2-3-5-14(13)22-11)9-15(19)17-8-12-6-7-21-10-12/h2-7,10-11H,8-9H2,1H3,(H,17,19)/t11-/m0/s1. The van der Waals surface area contributed by atoms with Crippen molar-refractivity contribution in [3.63, 3.8) is 0 Å². The Labute approximate surface area is 127 Å². The van der Waals surface area contributed by atoms with E-state index in [1.165, 1.54) is 4.90 Å². The van der Waals surface area contributed by atoms with E-state index in [1.54, 1.807) is 37.6 Å². The lowest BCUT2D eigenvalue weighted by molar-refractivity contribution is -0.128. The van der Waals surface area contributed by atoms with Crippen LogP contribution in [0.25, 0.3) is 0 Å². The van der Waals surface area contributed by atoms with Crippen molar-refractivity contribution in [2.24, 2.45) is 0 Å². The Bertz CT molecular complexity index is 681. The molecule has 0 radical (unpaired) electrons. The van der Waals surface area contributed by atoms with Crippen molar-refractivity contribution >= 4 is 17.5 Å². The van der Waals surface area contributed by atoms with E-state index in [1.807, 2.05) is 12.1 Å². The number of anilines is 1. The lowest BCUT2D eigenvalue weighted by atomic mass is 10.2. The first-order chi connectivity index (χ1) is 10.6. The SMILES string of the molecule is C[C@@H]1Oc2ccccc2N(CC(=O)NCc2ccoc2)C1=O. The molecule has 0 saturated carbocycles. The van der Waals surface area contributed by atoms with E-state index in [-0.39, 0.29) is 18.4 Å². The van der Waals surface area contributed by atoms with Gasteiger partial charge in [-0.05, 0) is 25.1 Å². The maximum atomic E-state index is 12.3. The van der Waals surface area contributed by atoms with Crippen LogP contribution in [0.5, 0.6) is 5.75 Å². The van der Waals surface area contributed by atoms with Gasteiger partial charge in [0.1, 0.15) is 12.3 Å². The Kier molecular flexibility index (Phi) is 3.82. The fraction of sp³-hybridized carbons (Fsp3) is 0.250. The molecule has 2 heterocycles. The summed E-state index contributed by atoms with van der Waals surface area (Å²) in [5.74, 6) is 0.146. The van der Waals surface area contributed by atoms with Gasteiger partial charge in [-0.1, -0.05) is 12.1 Å². The average molecular weight is 300 g/mol. The molecule has 22 heavy (non-hydrogen) atoms. The van der Waals surface area contributed by atoms with Crippen LogP contribution >= 0.6 is 0 Å². The van der Waals surface area contributed by atoms with Crippen molar-refractivity contribution in [3.8, 4) is 5.75 Å². The molecule has 1 aliphatic heterocycles. The first kappa shape index (κ1) is 14.2. The van der Waals surface area contributed by atoms with Gasteiger partial charge in [-0.15, -0.1) is 0 Å². The van der Waals surface area contributed by atoms with E-state index < -0.39 is 6.10 Å². The van der Waals surface area contributed by atoms with Crippen molar-refractivity contribution < 1.29 is 18.7 Å². The summed E-state index contributed by atoms with van der Waals surface area (Å²) in [5, 5.41) is 2.76. The minimum absolute atomic E-state index is 0.0403. The van der Waals surface area contributed by atoms with E-state index in [2.05, 4.69) is 5.32 Å². The minimum atomic E-state index is -0.600. The molecule has 114 valence electrons. The Morgan fingerprint density at radius 2 is 2.14 bits per heavy atom. The predicted octanol–water partition coefficient (Wildman–Crippen LogP) is 1.71. The fourth-order valence-corrected chi connectivity index (χ4v) is 2.32. The Hall–Kier alpha value is -2.76. The highest BCUT2D eigenvalue weighted by Gasteiger charge is 2.32. The third kappa shape index (κ3) is 2.81. The van der Waals surface area contributed by atoms with Crippen molar-refractivity contribution in [1.82, 2.24) is 5.32 Å². The number of nitrogens with one attached hydrogen (secondary N) is 1. The molecule has 0 saturated heterocycles. The van der Waals surface area contributed by atoms with Gasteiger partial charge in [0.2, 0.25) is 5.91 Å². The van der Waals surface area contributed by atoms with Crippen LogP contribution in [0, 0.1) is 0 Å². The van der Waals surface area contributed by atoms with Crippen LogP contribution in [0.2, 0.25) is 0 Å². The highest BCUT2D eigenvalue weighted by Crippen LogP contribution is 2.33. The molecule has 0 spiro atoms. The minimum Gasteiger partial charge on any atom is -0.479 e. The first-order valence-corrected chi connectivity index (χ1v) is 7.00. The lowest BCUT2D eigenvalue weighted by Gasteiger charge is -2.32. The number of benzene rings is 1. The third-order valence-corrected chi connectivity index (χ3v) is 3.45. The second-order valence-electron chi connectivity index (χ2n) is 5.06. The maximum Gasteiger partial charge on any atom is 0.268 e. The van der Waals surface area contributed by atoms with Crippen LogP contribution in [0.1, 0.15) is 12.5 Å². The second kappa shape index (κ2) is 5.93. The summed E-state index contributed by atoms with van der Waals surface area (Å²) in [7, 11) is 0. The number of para-hydroxylation sites is 2. The summed E-state index contributed by atoms with van der Waals surface area (Å²) in [6.07, 6.45) is 2.51. The highest BCUT2D eigenvalue weighted by atomic mass is 16.5. The van der Waals surface area contributed by atoms with Crippen LogP contribution in [-0.2, 0) is 16.1 Å². The van der Waals surface area contributed by atoms with E-state index in [4.69, 9.17) is 9.15 Å². The van der Waals surface area contributed by atoms with Crippen LogP contribution in [-0.4, -0.2) is 24.5 Å². The molecule has 6 heteroatoms. The summed E-state index contributed by atoms with van der Waals surface area (Å²) in [6, 6.07) is 8.97. The van der Waals surface area contributed by atoms with Crippen molar-refractivity contribution in [2.45, 2.75) is 19.6 Å². The summed E-state index contributed by atoms with van der Waals surface area (Å²) in [4.78, 5) is 25.8. The zero-order chi connectivity index (χ0) is 15.5. The molecule has 1 N–H and O–H groups in total. The quantitative estimate of drug-likeness (QED) is 0.933. The van der Waals surface area contributed by atoms with Gasteiger partial charge in [0.15, 0.2) is 6.10 Å². The topological polar surface area (TPSA) is 71.8 Å². The number of carbonyl (C=O) groups excluding carboxylic acids is 2. The van der Waals surface area contributed by atoms with Crippen molar-refractivity contribution in [3.05, 3.63) is 48.4 Å². The average Bonchev–Trinajstić information content (AvgIpc) is 3.03. The molecule has 1 atom stereocenters. The number of nitrogens with zero attached hydrogens (tertiary/aromatic N) is 1. The third-order valence-electron chi connectivity index (χ3n) is 3.45. The second-order valence-corrected chi connectivity index (χ2v) is 5.06. The first-order valence-electron chi connectivity index (χ1n) is 7.00. The van der Waals surface area contributed by atoms with Crippen LogP contribution in [0.15, 0.2) is 47.3 Å². The van der Waals surface area contributed by atoms with Crippen LogP contribution in [0.3, 0.4) is 0 Å². The van der Waals surface area contributed by atoms with Crippen molar-refractivity contribution in [1.29, 1.82) is 0 Å². The number of fused-ring (bicyclic) bond motifs is 1. The molecule has 0 aliphatic carbocycles. The number of hydrogen-bond donors (Lipinski definition) is 1. The van der Waals surface area contributed by atoms with Crippen molar-refractivity contribution in [2.75, 3.05) is 11.4 Å². The lowest BCUT2D eigenvalue weighted by Crippen LogP contribution is -2.48. The zero-order valence-corrected chi connectivity index (χ0v) is 12.1. The van der Waals surface area contributed by atoms with Gasteiger partial charge in [-0.2, -0.15) is 0 Å². The summed E-state index contributed by atoms with van der Waals surface area (Å²) >= 11 is 0. The molecule has 0 unspecified atom stereocenters. The number of carbonyl (C=O) groups is 2.